The van der Waals surface area contributed by atoms with Gasteiger partial charge in [-0.1, -0.05) is 19.3 Å². The first-order valence-corrected chi connectivity index (χ1v) is 4.24. The first-order chi connectivity index (χ1) is 5.70. The fourth-order valence-electron chi connectivity index (χ4n) is 1.49. The van der Waals surface area contributed by atoms with Gasteiger partial charge in [0.2, 0.25) is 0 Å². The second-order valence-corrected chi connectivity index (χ2v) is 3.11. The van der Waals surface area contributed by atoms with Gasteiger partial charge in [0.15, 0.2) is 0 Å². The monoisotopic (exact) mass is 171 g/mol. The van der Waals surface area contributed by atoms with Crippen molar-refractivity contribution in [2.75, 3.05) is 0 Å². The molecule has 1 amide bonds. The molecule has 4 heteroatoms. The summed E-state index contributed by atoms with van der Waals surface area (Å²) in [5, 5.41) is 10.8. The lowest BCUT2D eigenvalue weighted by Gasteiger charge is -2.21. The number of nitrogens with one attached hydrogen (secondary N) is 1. The number of carboxylic acids is 1. The molecule has 68 valence electrons. The van der Waals surface area contributed by atoms with E-state index in [0.717, 1.165) is 25.7 Å². The molecule has 1 saturated carbocycles. The summed E-state index contributed by atoms with van der Waals surface area (Å²) in [5.41, 5.74) is 0. The topological polar surface area (TPSA) is 66.4 Å². The third-order valence-electron chi connectivity index (χ3n) is 2.13. The lowest BCUT2D eigenvalue weighted by molar-refractivity contribution is -0.150. The van der Waals surface area contributed by atoms with Crippen LogP contribution in [0, 0.1) is 0 Å². The Kier molecular flexibility index (Phi) is 3.08. The molecule has 0 aromatic heterocycles. The number of amides is 1. The van der Waals surface area contributed by atoms with Gasteiger partial charge in [-0.3, -0.25) is 4.79 Å². The molecule has 1 aliphatic carbocycles. The van der Waals surface area contributed by atoms with Gasteiger partial charge in [0.05, 0.1) is 0 Å². The van der Waals surface area contributed by atoms with Crippen molar-refractivity contribution in [3.05, 3.63) is 0 Å². The Labute approximate surface area is 71.0 Å². The van der Waals surface area contributed by atoms with Gasteiger partial charge in [-0.2, -0.15) is 0 Å². The summed E-state index contributed by atoms with van der Waals surface area (Å²) in [4.78, 5) is 20.9. The van der Waals surface area contributed by atoms with Crippen LogP contribution in [0.5, 0.6) is 0 Å². The van der Waals surface area contributed by atoms with Crippen LogP contribution in [0.25, 0.3) is 0 Å². The molecular weight excluding hydrogens is 158 g/mol. The van der Waals surface area contributed by atoms with Gasteiger partial charge in [0.25, 0.3) is 0 Å². The minimum atomic E-state index is -1.39. The molecule has 0 unspecified atom stereocenters. The minimum Gasteiger partial charge on any atom is -0.474 e. The molecule has 1 rings (SSSR count). The highest BCUT2D eigenvalue weighted by molar-refractivity contribution is 6.31. The molecule has 4 nitrogen and oxygen atoms in total. The fraction of sp³-hybridized carbons (Fsp3) is 0.750. The molecule has 1 fully saturated rings. The maximum atomic E-state index is 10.7. The third kappa shape index (κ3) is 2.53. The quantitative estimate of drug-likeness (QED) is 0.565. The van der Waals surface area contributed by atoms with Gasteiger partial charge in [0, 0.05) is 6.04 Å². The molecule has 0 heterocycles. The van der Waals surface area contributed by atoms with Gasteiger partial charge >= 0.3 is 11.9 Å². The molecular formula is C8H13NO3. The van der Waals surface area contributed by atoms with Gasteiger partial charge in [-0.15, -0.1) is 0 Å². The Balaban J connectivity index is 2.29. The van der Waals surface area contributed by atoms with Gasteiger partial charge < -0.3 is 10.4 Å². The molecule has 0 radical (unpaired) electrons. The highest BCUT2D eigenvalue weighted by Gasteiger charge is 2.18. The predicted molar refractivity (Wildman–Crippen MR) is 42.7 cm³/mol. The van der Waals surface area contributed by atoms with Crippen LogP contribution in [0.2, 0.25) is 0 Å². The summed E-state index contributed by atoms with van der Waals surface area (Å²) >= 11 is 0. The van der Waals surface area contributed by atoms with Crippen molar-refractivity contribution in [1.29, 1.82) is 0 Å². The highest BCUT2D eigenvalue weighted by Crippen LogP contribution is 2.16. The molecule has 1 aliphatic rings. The van der Waals surface area contributed by atoms with Crippen molar-refractivity contribution in [3.63, 3.8) is 0 Å². The Morgan fingerprint density at radius 1 is 1.17 bits per heavy atom. The zero-order valence-corrected chi connectivity index (χ0v) is 6.88. The smallest absolute Gasteiger partial charge is 0.394 e. The van der Waals surface area contributed by atoms with E-state index in [-0.39, 0.29) is 6.04 Å². The Morgan fingerprint density at radius 2 is 1.75 bits per heavy atom. The highest BCUT2D eigenvalue weighted by atomic mass is 16.4. The molecule has 0 spiro atoms. The van der Waals surface area contributed by atoms with Gasteiger partial charge in [0.1, 0.15) is 0 Å². The Morgan fingerprint density at radius 3 is 2.25 bits per heavy atom. The van der Waals surface area contributed by atoms with Crippen molar-refractivity contribution < 1.29 is 14.7 Å². The average molecular weight is 171 g/mol. The number of rotatable bonds is 1. The fourth-order valence-corrected chi connectivity index (χ4v) is 1.49. The first kappa shape index (κ1) is 9.03. The van der Waals surface area contributed by atoms with E-state index in [0.29, 0.717) is 0 Å². The summed E-state index contributed by atoms with van der Waals surface area (Å²) in [6.45, 7) is 0. The van der Waals surface area contributed by atoms with E-state index in [4.69, 9.17) is 5.11 Å². The summed E-state index contributed by atoms with van der Waals surface area (Å²) in [6.07, 6.45) is 5.20. The van der Waals surface area contributed by atoms with Crippen LogP contribution >= 0.6 is 0 Å². The largest absolute Gasteiger partial charge is 0.474 e. The maximum Gasteiger partial charge on any atom is 0.394 e. The van der Waals surface area contributed by atoms with Crippen molar-refractivity contribution >= 4 is 11.9 Å². The number of carboxylic acid groups (broad SMARTS) is 1. The van der Waals surface area contributed by atoms with E-state index in [1.165, 1.54) is 6.42 Å². The minimum absolute atomic E-state index is 0.0855. The SMILES string of the molecule is O=C(O)C(=O)NC1CCCCC1. The normalized spacial score (nSPS) is 18.7. The molecule has 0 atom stereocenters. The maximum absolute atomic E-state index is 10.7. The summed E-state index contributed by atoms with van der Waals surface area (Å²) < 4.78 is 0. The van der Waals surface area contributed by atoms with E-state index < -0.39 is 11.9 Å². The van der Waals surface area contributed by atoms with Crippen LogP contribution in [0.3, 0.4) is 0 Å². The molecule has 0 aromatic carbocycles. The van der Waals surface area contributed by atoms with E-state index in [1.807, 2.05) is 0 Å². The number of aliphatic carboxylic acids is 1. The standard InChI is InChI=1S/C8H13NO3/c10-7(8(11)12)9-6-4-2-1-3-5-6/h6H,1-5H2,(H,9,10)(H,11,12). The lowest BCUT2D eigenvalue weighted by atomic mass is 9.95. The van der Waals surface area contributed by atoms with Crippen LogP contribution in [-0.4, -0.2) is 23.0 Å². The van der Waals surface area contributed by atoms with Gasteiger partial charge in [-0.05, 0) is 12.8 Å². The zero-order valence-electron chi connectivity index (χ0n) is 6.88. The van der Waals surface area contributed by atoms with Crippen LogP contribution in [0.4, 0.5) is 0 Å². The van der Waals surface area contributed by atoms with E-state index >= 15 is 0 Å². The Bertz CT molecular complexity index is 185. The van der Waals surface area contributed by atoms with E-state index in [2.05, 4.69) is 5.32 Å². The van der Waals surface area contributed by atoms with Crippen molar-refractivity contribution in [3.8, 4) is 0 Å². The van der Waals surface area contributed by atoms with E-state index in [1.54, 1.807) is 0 Å². The van der Waals surface area contributed by atoms with Crippen LogP contribution in [-0.2, 0) is 9.59 Å². The summed E-state index contributed by atoms with van der Waals surface area (Å²) in [7, 11) is 0. The van der Waals surface area contributed by atoms with Crippen molar-refractivity contribution in [2.24, 2.45) is 0 Å². The summed E-state index contributed by atoms with van der Waals surface area (Å²) in [6, 6.07) is 0.0855. The molecule has 12 heavy (non-hydrogen) atoms. The number of hydrogen-bond acceptors (Lipinski definition) is 2. The third-order valence-corrected chi connectivity index (χ3v) is 2.13. The first-order valence-electron chi connectivity index (χ1n) is 4.24. The zero-order chi connectivity index (χ0) is 8.97. The van der Waals surface area contributed by atoms with Crippen LogP contribution in [0.1, 0.15) is 32.1 Å². The molecule has 0 bridgehead atoms. The molecule has 2 N–H and O–H groups in total. The van der Waals surface area contributed by atoms with Gasteiger partial charge in [-0.25, -0.2) is 4.79 Å². The second-order valence-electron chi connectivity index (χ2n) is 3.11. The average Bonchev–Trinajstić information content (AvgIpc) is 2.06. The second kappa shape index (κ2) is 4.09. The van der Waals surface area contributed by atoms with Crippen molar-refractivity contribution in [2.45, 2.75) is 38.1 Å². The summed E-state index contributed by atoms with van der Waals surface area (Å²) in [5.74, 6) is -2.26. The van der Waals surface area contributed by atoms with E-state index in [9.17, 15) is 9.59 Å². The molecule has 0 aliphatic heterocycles. The molecule has 0 aromatic rings. The Hall–Kier alpha value is -1.06. The van der Waals surface area contributed by atoms with Crippen LogP contribution < -0.4 is 5.32 Å². The number of carbonyl (C=O) groups excluding carboxylic acids is 1. The molecule has 0 saturated heterocycles. The number of carbonyl (C=O) groups is 2. The predicted octanol–water partition coefficient (Wildman–Crippen LogP) is 0.520. The van der Waals surface area contributed by atoms with Crippen LogP contribution in [0.15, 0.2) is 0 Å². The lowest BCUT2D eigenvalue weighted by Crippen LogP contribution is -2.40. The number of hydrogen-bond donors (Lipinski definition) is 2. The van der Waals surface area contributed by atoms with Crippen molar-refractivity contribution in [1.82, 2.24) is 5.32 Å².